The van der Waals surface area contributed by atoms with Crippen LogP contribution in [0, 0.1) is 0 Å². The number of hydrogen-bond acceptors (Lipinski definition) is 5. The number of benzene rings is 2. The molecule has 1 aliphatic heterocycles. The molecule has 0 bridgehead atoms. The largest absolute Gasteiger partial charge is 0.486 e. The molecule has 2 aliphatic rings. The number of sulfonamides is 1. The summed E-state index contributed by atoms with van der Waals surface area (Å²) < 4.78 is 38.4. The van der Waals surface area contributed by atoms with Crippen molar-refractivity contribution in [3.63, 3.8) is 0 Å². The Morgan fingerprint density at radius 3 is 2.52 bits per heavy atom. The third-order valence-corrected chi connectivity index (χ3v) is 7.59. The quantitative estimate of drug-likeness (QED) is 0.685. The zero-order chi connectivity index (χ0) is 21.9. The van der Waals surface area contributed by atoms with Crippen LogP contribution in [0.4, 0.5) is 0 Å². The SMILES string of the molecule is CCNS(=O)(=O)c1cccc(C(=O)NCC2(c3ccc4c(c3)OCCO4)CCCC2)c1. The summed E-state index contributed by atoms with van der Waals surface area (Å²) in [6.07, 6.45) is 4.14. The van der Waals surface area contributed by atoms with Gasteiger partial charge >= 0.3 is 0 Å². The Morgan fingerprint density at radius 1 is 1.03 bits per heavy atom. The number of fused-ring (bicyclic) bond motifs is 1. The van der Waals surface area contributed by atoms with Crippen molar-refractivity contribution in [2.24, 2.45) is 0 Å². The Hall–Kier alpha value is -2.58. The fourth-order valence-electron chi connectivity index (χ4n) is 4.42. The molecule has 2 aromatic carbocycles. The van der Waals surface area contributed by atoms with Crippen LogP contribution in [0.3, 0.4) is 0 Å². The molecule has 0 aromatic heterocycles. The Balaban J connectivity index is 1.52. The molecule has 2 N–H and O–H groups in total. The maximum Gasteiger partial charge on any atom is 0.251 e. The van der Waals surface area contributed by atoms with E-state index in [1.807, 2.05) is 12.1 Å². The van der Waals surface area contributed by atoms with Gasteiger partial charge in [-0.1, -0.05) is 31.9 Å². The molecular formula is C23H28N2O5S. The van der Waals surface area contributed by atoms with Crippen LogP contribution >= 0.6 is 0 Å². The minimum Gasteiger partial charge on any atom is -0.486 e. The van der Waals surface area contributed by atoms with E-state index in [0.717, 1.165) is 42.7 Å². The zero-order valence-electron chi connectivity index (χ0n) is 17.6. The van der Waals surface area contributed by atoms with E-state index < -0.39 is 10.0 Å². The first-order chi connectivity index (χ1) is 14.9. The summed E-state index contributed by atoms with van der Waals surface area (Å²) >= 11 is 0. The van der Waals surface area contributed by atoms with Gasteiger partial charge < -0.3 is 14.8 Å². The summed E-state index contributed by atoms with van der Waals surface area (Å²) in [6.45, 7) is 3.57. The lowest BCUT2D eigenvalue weighted by atomic mass is 9.78. The molecule has 1 heterocycles. The van der Waals surface area contributed by atoms with Crippen molar-refractivity contribution < 1.29 is 22.7 Å². The predicted octanol–water partition coefficient (Wildman–Crippen LogP) is 3.00. The summed E-state index contributed by atoms with van der Waals surface area (Å²) in [5, 5.41) is 3.04. The standard InChI is InChI=1S/C23H28N2O5S/c1-2-25-31(27,28)19-7-5-6-17(14-19)22(26)24-16-23(10-3-4-11-23)18-8-9-20-21(15-18)30-13-12-29-20/h5-9,14-15,25H,2-4,10-13,16H2,1H3,(H,24,26). The molecule has 1 saturated carbocycles. The van der Waals surface area contributed by atoms with Crippen molar-refractivity contribution in [3.8, 4) is 11.5 Å². The highest BCUT2D eigenvalue weighted by molar-refractivity contribution is 7.89. The minimum atomic E-state index is -3.62. The van der Waals surface area contributed by atoms with E-state index in [4.69, 9.17) is 9.47 Å². The van der Waals surface area contributed by atoms with Crippen LogP contribution in [0.5, 0.6) is 11.5 Å². The fourth-order valence-corrected chi connectivity index (χ4v) is 5.51. The average molecular weight is 445 g/mol. The third kappa shape index (κ3) is 4.55. The number of carbonyl (C=O) groups is 1. The molecule has 0 unspecified atom stereocenters. The number of nitrogens with one attached hydrogen (secondary N) is 2. The molecule has 0 saturated heterocycles. The van der Waals surface area contributed by atoms with Gasteiger partial charge in [0.25, 0.3) is 5.91 Å². The maximum atomic E-state index is 12.9. The summed E-state index contributed by atoms with van der Waals surface area (Å²) in [7, 11) is -3.62. The van der Waals surface area contributed by atoms with Gasteiger partial charge in [0.15, 0.2) is 11.5 Å². The highest BCUT2D eigenvalue weighted by Gasteiger charge is 2.37. The van der Waals surface area contributed by atoms with Crippen molar-refractivity contribution in [2.75, 3.05) is 26.3 Å². The van der Waals surface area contributed by atoms with Crippen LogP contribution in [-0.4, -0.2) is 40.6 Å². The molecule has 1 fully saturated rings. The van der Waals surface area contributed by atoms with Gasteiger partial charge in [-0.3, -0.25) is 4.79 Å². The molecule has 1 amide bonds. The fraction of sp³-hybridized carbons (Fsp3) is 0.435. The van der Waals surface area contributed by atoms with Crippen molar-refractivity contribution in [1.29, 1.82) is 0 Å². The third-order valence-electron chi connectivity index (χ3n) is 6.04. The smallest absolute Gasteiger partial charge is 0.251 e. The first-order valence-corrected chi connectivity index (χ1v) is 12.2. The Morgan fingerprint density at radius 2 is 1.77 bits per heavy atom. The molecule has 0 spiro atoms. The molecule has 166 valence electrons. The first kappa shape index (κ1) is 21.6. The van der Waals surface area contributed by atoms with Crippen molar-refractivity contribution in [1.82, 2.24) is 10.0 Å². The summed E-state index contributed by atoms with van der Waals surface area (Å²) in [5.41, 5.74) is 1.30. The van der Waals surface area contributed by atoms with Crippen molar-refractivity contribution >= 4 is 15.9 Å². The van der Waals surface area contributed by atoms with Crippen LogP contribution in [0.1, 0.15) is 48.5 Å². The van der Waals surface area contributed by atoms with E-state index >= 15 is 0 Å². The predicted molar refractivity (Wildman–Crippen MR) is 117 cm³/mol. The Labute approximate surface area is 183 Å². The number of hydrogen-bond donors (Lipinski definition) is 2. The summed E-state index contributed by atoms with van der Waals surface area (Å²) in [5.74, 6) is 1.23. The van der Waals surface area contributed by atoms with Crippen molar-refractivity contribution in [3.05, 3.63) is 53.6 Å². The molecule has 7 nitrogen and oxygen atoms in total. The number of amides is 1. The van der Waals surface area contributed by atoms with Crippen LogP contribution in [0.2, 0.25) is 0 Å². The van der Waals surface area contributed by atoms with Crippen LogP contribution < -0.4 is 19.5 Å². The van der Waals surface area contributed by atoms with Crippen LogP contribution in [0.25, 0.3) is 0 Å². The minimum absolute atomic E-state index is 0.0874. The van der Waals surface area contributed by atoms with E-state index in [1.54, 1.807) is 19.1 Å². The van der Waals surface area contributed by atoms with Gasteiger partial charge in [0.2, 0.25) is 10.0 Å². The highest BCUT2D eigenvalue weighted by atomic mass is 32.2. The van der Waals surface area contributed by atoms with E-state index in [1.165, 1.54) is 12.1 Å². The van der Waals surface area contributed by atoms with Gasteiger partial charge in [-0.15, -0.1) is 0 Å². The number of rotatable bonds is 7. The van der Waals surface area contributed by atoms with E-state index in [9.17, 15) is 13.2 Å². The highest BCUT2D eigenvalue weighted by Crippen LogP contribution is 2.43. The average Bonchev–Trinajstić information content (AvgIpc) is 3.27. The molecule has 31 heavy (non-hydrogen) atoms. The molecule has 4 rings (SSSR count). The van der Waals surface area contributed by atoms with Gasteiger partial charge in [-0.2, -0.15) is 0 Å². The van der Waals surface area contributed by atoms with Gasteiger partial charge in [0.1, 0.15) is 13.2 Å². The summed E-state index contributed by atoms with van der Waals surface area (Å²) in [6, 6.07) is 12.2. The Kier molecular flexibility index (Phi) is 6.20. The second kappa shape index (κ2) is 8.88. The normalized spacial score (nSPS) is 17.3. The second-order valence-corrected chi connectivity index (χ2v) is 9.82. The molecule has 0 radical (unpaired) electrons. The lowest BCUT2D eigenvalue weighted by molar-refractivity contribution is 0.0943. The van der Waals surface area contributed by atoms with Crippen molar-refractivity contribution in [2.45, 2.75) is 42.9 Å². The molecule has 0 atom stereocenters. The van der Waals surface area contributed by atoms with Gasteiger partial charge in [0, 0.05) is 24.1 Å². The second-order valence-electron chi connectivity index (χ2n) is 8.06. The monoisotopic (exact) mass is 444 g/mol. The van der Waals surface area contributed by atoms with E-state index in [0.29, 0.717) is 25.3 Å². The number of ether oxygens (including phenoxy) is 2. The topological polar surface area (TPSA) is 93.7 Å². The first-order valence-electron chi connectivity index (χ1n) is 10.7. The van der Waals surface area contributed by atoms with Crippen LogP contribution in [-0.2, 0) is 15.4 Å². The van der Waals surface area contributed by atoms with Gasteiger partial charge in [-0.05, 0) is 48.7 Å². The van der Waals surface area contributed by atoms with E-state index in [2.05, 4.69) is 16.1 Å². The van der Waals surface area contributed by atoms with Gasteiger partial charge in [0.05, 0.1) is 4.90 Å². The Bertz CT molecular complexity index is 1060. The maximum absolute atomic E-state index is 12.9. The molecule has 8 heteroatoms. The number of carbonyl (C=O) groups excluding carboxylic acids is 1. The molecular weight excluding hydrogens is 416 g/mol. The molecule has 1 aliphatic carbocycles. The van der Waals surface area contributed by atoms with Gasteiger partial charge in [-0.25, -0.2) is 13.1 Å². The lowest BCUT2D eigenvalue weighted by Gasteiger charge is -2.31. The summed E-state index contributed by atoms with van der Waals surface area (Å²) in [4.78, 5) is 13.0. The molecule has 2 aromatic rings. The van der Waals surface area contributed by atoms with Crippen LogP contribution in [0.15, 0.2) is 47.4 Å². The lowest BCUT2D eigenvalue weighted by Crippen LogP contribution is -2.39. The zero-order valence-corrected chi connectivity index (χ0v) is 18.5. The van der Waals surface area contributed by atoms with E-state index in [-0.39, 0.29) is 22.8 Å².